The lowest BCUT2D eigenvalue weighted by atomic mass is 9.82. The Morgan fingerprint density at radius 2 is 1.74 bits per heavy atom. The zero-order valence-electron chi connectivity index (χ0n) is 24.2. The number of hydrogen-bond acceptors (Lipinski definition) is 6. The van der Waals surface area contributed by atoms with Crippen LogP contribution in [0.3, 0.4) is 0 Å². The quantitative estimate of drug-likeness (QED) is 0.338. The molecule has 1 aromatic carbocycles. The van der Waals surface area contributed by atoms with Gasteiger partial charge in [-0.2, -0.15) is 0 Å². The van der Waals surface area contributed by atoms with Gasteiger partial charge in [0.25, 0.3) is 0 Å². The van der Waals surface area contributed by atoms with Gasteiger partial charge in [-0.1, -0.05) is 38.1 Å². The van der Waals surface area contributed by atoms with Crippen LogP contribution in [-0.4, -0.2) is 39.7 Å². The second-order valence-corrected chi connectivity index (χ2v) is 12.2. The van der Waals surface area contributed by atoms with Crippen molar-refractivity contribution in [3.05, 3.63) is 71.2 Å². The van der Waals surface area contributed by atoms with E-state index in [-0.39, 0.29) is 5.41 Å². The van der Waals surface area contributed by atoms with E-state index < -0.39 is 17.7 Å². The van der Waals surface area contributed by atoms with Crippen LogP contribution in [0.25, 0.3) is 11.3 Å². The molecular weight excluding hydrogens is 490 g/mol. The molecule has 1 saturated heterocycles. The Bertz CT molecular complexity index is 1300. The van der Waals surface area contributed by atoms with Crippen LogP contribution >= 0.6 is 0 Å². The number of aromatic nitrogens is 2. The summed E-state index contributed by atoms with van der Waals surface area (Å²) in [7, 11) is 0. The Balaban J connectivity index is 1.74. The van der Waals surface area contributed by atoms with Gasteiger partial charge in [-0.3, -0.25) is 9.97 Å². The fourth-order valence-electron chi connectivity index (χ4n) is 4.93. The topological polar surface area (TPSA) is 84.8 Å². The fraction of sp³-hybridized carbons (Fsp3) is 0.469. The van der Waals surface area contributed by atoms with Gasteiger partial charge in [-0.05, 0) is 76.1 Å². The Kier molecular flexibility index (Phi) is 8.31. The Morgan fingerprint density at radius 1 is 1.05 bits per heavy atom. The van der Waals surface area contributed by atoms with Crippen LogP contribution in [0, 0.1) is 19.3 Å². The van der Waals surface area contributed by atoms with Gasteiger partial charge in [0.05, 0.1) is 23.2 Å². The highest BCUT2D eigenvalue weighted by molar-refractivity contribution is 5.85. The van der Waals surface area contributed by atoms with Crippen LogP contribution in [-0.2, 0) is 16.1 Å². The van der Waals surface area contributed by atoms with Gasteiger partial charge in [0.1, 0.15) is 12.4 Å². The molecule has 1 N–H and O–H groups in total. The fourth-order valence-corrected chi connectivity index (χ4v) is 4.93. The predicted molar refractivity (Wildman–Crippen MR) is 154 cm³/mol. The third-order valence-electron chi connectivity index (χ3n) is 7.35. The molecule has 1 atom stereocenters. The summed E-state index contributed by atoms with van der Waals surface area (Å²) in [5, 5.41) is 10.3. The van der Waals surface area contributed by atoms with Gasteiger partial charge in [-0.15, -0.1) is 0 Å². The SMILES string of the molecule is Cc1ccccc1COc1ccc(-c2cnc(C)c(C(OC(C)(C)C)C(=O)O)c2N2CCC(C)(C)CC2)nc1. The minimum absolute atomic E-state index is 0.237. The van der Waals surface area contributed by atoms with E-state index in [0.29, 0.717) is 29.3 Å². The number of aryl methyl sites for hydroxylation is 2. The maximum absolute atomic E-state index is 12.6. The molecule has 0 saturated carbocycles. The molecule has 7 nitrogen and oxygen atoms in total. The highest BCUT2D eigenvalue weighted by Crippen LogP contribution is 2.43. The van der Waals surface area contributed by atoms with E-state index >= 15 is 0 Å². The average Bonchev–Trinajstić information content (AvgIpc) is 2.87. The van der Waals surface area contributed by atoms with Crippen LogP contribution in [0.5, 0.6) is 5.75 Å². The van der Waals surface area contributed by atoms with E-state index in [4.69, 9.17) is 14.5 Å². The highest BCUT2D eigenvalue weighted by atomic mass is 16.5. The van der Waals surface area contributed by atoms with Crippen LogP contribution in [0.1, 0.15) is 75.9 Å². The van der Waals surface area contributed by atoms with Gasteiger partial charge in [0.2, 0.25) is 0 Å². The van der Waals surface area contributed by atoms with E-state index in [1.807, 2.05) is 52.0 Å². The van der Waals surface area contributed by atoms with E-state index in [1.165, 1.54) is 5.56 Å². The third-order valence-corrected chi connectivity index (χ3v) is 7.35. The second-order valence-electron chi connectivity index (χ2n) is 12.2. The minimum atomic E-state index is -1.15. The Morgan fingerprint density at radius 3 is 2.33 bits per heavy atom. The number of aliphatic carboxylic acids is 1. The molecule has 0 spiro atoms. The number of carboxylic acids is 1. The number of pyridine rings is 2. The second kappa shape index (κ2) is 11.3. The molecule has 1 fully saturated rings. The van der Waals surface area contributed by atoms with Gasteiger partial charge >= 0.3 is 5.97 Å². The van der Waals surface area contributed by atoms with Crippen LogP contribution in [0.4, 0.5) is 5.69 Å². The molecule has 7 heteroatoms. The number of carboxylic acid groups (broad SMARTS) is 1. The Hall–Kier alpha value is -3.45. The summed E-state index contributed by atoms with van der Waals surface area (Å²) in [5.41, 5.74) is 5.49. The van der Waals surface area contributed by atoms with Crippen molar-refractivity contribution in [2.45, 2.75) is 79.6 Å². The van der Waals surface area contributed by atoms with Crippen LogP contribution in [0.2, 0.25) is 0 Å². The number of anilines is 1. The van der Waals surface area contributed by atoms with Crippen LogP contribution < -0.4 is 9.64 Å². The average molecular weight is 532 g/mol. The summed E-state index contributed by atoms with van der Waals surface area (Å²) in [4.78, 5) is 24.2. The van der Waals surface area contributed by atoms with Crippen LogP contribution in [0.15, 0.2) is 48.8 Å². The maximum Gasteiger partial charge on any atom is 0.337 e. The zero-order valence-corrected chi connectivity index (χ0v) is 24.2. The molecule has 2 aromatic heterocycles. The lowest BCUT2D eigenvalue weighted by molar-refractivity contribution is -0.160. The smallest absolute Gasteiger partial charge is 0.337 e. The maximum atomic E-state index is 12.6. The zero-order chi connectivity index (χ0) is 28.4. The van der Waals surface area contributed by atoms with Crippen molar-refractivity contribution in [3.63, 3.8) is 0 Å². The molecule has 1 aliphatic rings. The molecule has 1 aliphatic heterocycles. The molecule has 0 bridgehead atoms. The molecular formula is C32H41N3O4. The first kappa shape index (κ1) is 28.6. The number of hydrogen-bond donors (Lipinski definition) is 1. The summed E-state index contributed by atoms with van der Waals surface area (Å²) in [6, 6.07) is 12.0. The minimum Gasteiger partial charge on any atom is -0.487 e. The number of rotatable bonds is 8. The molecule has 39 heavy (non-hydrogen) atoms. The standard InChI is InChI=1S/C32H41N3O4/c1-21-10-8-9-11-23(21)20-38-24-12-13-26(34-18-24)25-19-33-22(2)27(29(30(36)37)39-31(3,4)5)28(25)35-16-14-32(6,7)15-17-35/h8-13,18-19,29H,14-17,20H2,1-7H3,(H,36,37). The number of piperidine rings is 1. The van der Waals surface area contributed by atoms with Crippen molar-refractivity contribution in [2.75, 3.05) is 18.0 Å². The largest absolute Gasteiger partial charge is 0.487 e. The van der Waals surface area contributed by atoms with Crippen molar-refractivity contribution < 1.29 is 19.4 Å². The summed E-state index contributed by atoms with van der Waals surface area (Å²) >= 11 is 0. The molecule has 0 aliphatic carbocycles. The van der Waals surface area contributed by atoms with Gasteiger partial charge < -0.3 is 19.5 Å². The lowest BCUT2D eigenvalue weighted by Crippen LogP contribution is -2.39. The van der Waals surface area contributed by atoms with Crippen molar-refractivity contribution in [1.82, 2.24) is 9.97 Å². The third kappa shape index (κ3) is 6.95. The molecule has 0 radical (unpaired) electrons. The van der Waals surface area contributed by atoms with E-state index in [0.717, 1.165) is 42.7 Å². The van der Waals surface area contributed by atoms with Crippen molar-refractivity contribution in [2.24, 2.45) is 5.41 Å². The first-order valence-corrected chi connectivity index (χ1v) is 13.6. The molecule has 208 valence electrons. The highest BCUT2D eigenvalue weighted by Gasteiger charge is 2.36. The molecule has 4 rings (SSSR count). The van der Waals surface area contributed by atoms with E-state index in [9.17, 15) is 9.90 Å². The monoisotopic (exact) mass is 531 g/mol. The summed E-state index contributed by atoms with van der Waals surface area (Å²) in [5.74, 6) is -0.360. The van der Waals surface area contributed by atoms with Gasteiger partial charge in [-0.25, -0.2) is 4.79 Å². The normalized spacial score (nSPS) is 16.1. The number of carbonyl (C=O) groups is 1. The lowest BCUT2D eigenvalue weighted by Gasteiger charge is -2.40. The Labute approximate surface area is 232 Å². The van der Waals surface area contributed by atoms with Gasteiger partial charge in [0.15, 0.2) is 6.10 Å². The molecule has 1 unspecified atom stereocenters. The summed E-state index contributed by atoms with van der Waals surface area (Å²) in [6.07, 6.45) is 4.38. The summed E-state index contributed by atoms with van der Waals surface area (Å²) in [6.45, 7) is 16.2. The number of nitrogens with zero attached hydrogens (tertiary/aromatic N) is 3. The molecule has 3 aromatic rings. The predicted octanol–water partition coefficient (Wildman–Crippen LogP) is 6.91. The van der Waals surface area contributed by atoms with Crippen molar-refractivity contribution in [1.29, 1.82) is 0 Å². The summed E-state index contributed by atoms with van der Waals surface area (Å²) < 4.78 is 12.1. The first-order chi connectivity index (χ1) is 18.3. The van der Waals surface area contributed by atoms with Gasteiger partial charge in [0, 0.05) is 36.1 Å². The van der Waals surface area contributed by atoms with E-state index in [1.54, 1.807) is 12.4 Å². The number of benzene rings is 1. The van der Waals surface area contributed by atoms with Crippen molar-refractivity contribution in [3.8, 4) is 17.0 Å². The molecule has 3 heterocycles. The van der Waals surface area contributed by atoms with E-state index in [2.05, 4.69) is 42.8 Å². The first-order valence-electron chi connectivity index (χ1n) is 13.6. The van der Waals surface area contributed by atoms with Crippen molar-refractivity contribution >= 4 is 11.7 Å². The molecule has 0 amide bonds. The number of ether oxygens (including phenoxy) is 2.